The molecular weight excluding hydrogens is 312 g/mol. The van der Waals surface area contributed by atoms with Crippen molar-refractivity contribution in [3.63, 3.8) is 0 Å². The molecule has 8 atom stereocenters. The summed E-state index contributed by atoms with van der Waals surface area (Å²) in [5.74, 6) is 3.56. The van der Waals surface area contributed by atoms with E-state index in [1.54, 1.807) is 6.08 Å². The Balaban J connectivity index is 1.84. The van der Waals surface area contributed by atoms with Crippen LogP contribution in [0.2, 0.25) is 0 Å². The lowest BCUT2D eigenvalue weighted by Gasteiger charge is -2.64. The minimum Gasteiger partial charge on any atom is -0.392 e. The van der Waals surface area contributed by atoms with Gasteiger partial charge < -0.3 is 10.2 Å². The van der Waals surface area contributed by atoms with E-state index in [4.69, 9.17) is 6.42 Å². The smallest absolute Gasteiger partial charge is 0.155 e. The normalized spacial score (nSPS) is 54.8. The molecule has 4 aliphatic carbocycles. The predicted octanol–water partition coefficient (Wildman–Crippen LogP) is 3.10. The lowest BCUT2D eigenvalue weighted by atomic mass is 9.43. The van der Waals surface area contributed by atoms with E-state index in [0.29, 0.717) is 25.7 Å². The summed E-state index contributed by atoms with van der Waals surface area (Å²) in [6.07, 6.45) is 11.7. The number of ketones is 1. The second-order valence-electron chi connectivity index (χ2n) is 9.67. The molecule has 4 aliphatic rings. The van der Waals surface area contributed by atoms with Crippen molar-refractivity contribution in [2.24, 2.45) is 34.5 Å². The molecule has 0 aromatic heterocycles. The molecule has 3 nitrogen and oxygen atoms in total. The summed E-state index contributed by atoms with van der Waals surface area (Å²) >= 11 is 0. The van der Waals surface area contributed by atoms with Crippen LogP contribution in [0.4, 0.5) is 0 Å². The first-order valence-electron chi connectivity index (χ1n) is 9.78. The number of aliphatic hydroxyl groups is 2. The summed E-state index contributed by atoms with van der Waals surface area (Å²) in [5, 5.41) is 22.9. The largest absolute Gasteiger partial charge is 0.392 e. The third-order valence-corrected chi connectivity index (χ3v) is 8.68. The lowest BCUT2D eigenvalue weighted by molar-refractivity contribution is -0.206. The van der Waals surface area contributed by atoms with Gasteiger partial charge in [-0.25, -0.2) is 0 Å². The quantitative estimate of drug-likeness (QED) is 0.665. The van der Waals surface area contributed by atoms with E-state index in [1.165, 1.54) is 0 Å². The monoisotopic (exact) mass is 342 g/mol. The van der Waals surface area contributed by atoms with Crippen molar-refractivity contribution in [1.82, 2.24) is 0 Å². The van der Waals surface area contributed by atoms with Crippen molar-refractivity contribution < 1.29 is 15.0 Å². The van der Waals surface area contributed by atoms with Crippen LogP contribution in [-0.4, -0.2) is 27.7 Å². The van der Waals surface area contributed by atoms with Gasteiger partial charge in [0.15, 0.2) is 5.78 Å². The van der Waals surface area contributed by atoms with Gasteiger partial charge in [0.05, 0.1) is 11.7 Å². The Labute approximate surface area is 150 Å². The highest BCUT2D eigenvalue weighted by Gasteiger charge is 2.68. The first-order valence-corrected chi connectivity index (χ1v) is 9.78. The van der Waals surface area contributed by atoms with Crippen LogP contribution in [0.5, 0.6) is 0 Å². The van der Waals surface area contributed by atoms with Crippen molar-refractivity contribution in [2.75, 3.05) is 0 Å². The van der Waals surface area contributed by atoms with E-state index in [9.17, 15) is 15.0 Å². The maximum Gasteiger partial charge on any atom is 0.155 e. The van der Waals surface area contributed by atoms with Crippen molar-refractivity contribution in [2.45, 2.75) is 71.0 Å². The molecule has 0 radical (unpaired) electrons. The molecule has 3 heteroatoms. The Hall–Kier alpha value is -1.11. The third-order valence-electron chi connectivity index (χ3n) is 8.68. The summed E-state index contributed by atoms with van der Waals surface area (Å²) in [7, 11) is 0. The molecule has 0 amide bonds. The van der Waals surface area contributed by atoms with Crippen LogP contribution in [0.15, 0.2) is 11.6 Å². The van der Waals surface area contributed by atoms with Gasteiger partial charge in [-0.1, -0.05) is 26.3 Å². The van der Waals surface area contributed by atoms with Crippen LogP contribution in [0, 0.1) is 46.8 Å². The minimum absolute atomic E-state index is 0.00574. The van der Waals surface area contributed by atoms with Crippen LogP contribution < -0.4 is 0 Å². The van der Waals surface area contributed by atoms with Crippen LogP contribution in [0.3, 0.4) is 0 Å². The van der Waals surface area contributed by atoms with E-state index in [1.807, 2.05) is 0 Å². The second kappa shape index (κ2) is 5.21. The minimum atomic E-state index is -0.872. The summed E-state index contributed by atoms with van der Waals surface area (Å²) in [5.41, 5.74) is -0.339. The van der Waals surface area contributed by atoms with Crippen LogP contribution in [0.25, 0.3) is 0 Å². The van der Waals surface area contributed by atoms with Gasteiger partial charge in [0, 0.05) is 23.7 Å². The van der Waals surface area contributed by atoms with Gasteiger partial charge in [0.25, 0.3) is 0 Å². The number of carbonyl (C=O) groups excluding carboxylic acids is 1. The Kier molecular flexibility index (Phi) is 3.61. The van der Waals surface area contributed by atoms with E-state index in [0.717, 1.165) is 18.4 Å². The number of hydrogen-bond donors (Lipinski definition) is 2. The van der Waals surface area contributed by atoms with Gasteiger partial charge >= 0.3 is 0 Å². The van der Waals surface area contributed by atoms with Crippen molar-refractivity contribution >= 4 is 5.78 Å². The fourth-order valence-electron chi connectivity index (χ4n) is 7.04. The van der Waals surface area contributed by atoms with E-state index < -0.39 is 5.60 Å². The van der Waals surface area contributed by atoms with Gasteiger partial charge in [-0.05, 0) is 55.4 Å². The van der Waals surface area contributed by atoms with Gasteiger partial charge in [0.1, 0.15) is 0 Å². The molecule has 0 bridgehead atoms. The average molecular weight is 342 g/mol. The third kappa shape index (κ3) is 1.99. The summed E-state index contributed by atoms with van der Waals surface area (Å²) in [6.45, 7) is 6.45. The molecule has 3 fully saturated rings. The van der Waals surface area contributed by atoms with Crippen molar-refractivity contribution in [3.8, 4) is 12.3 Å². The SMILES string of the molecule is C#CC1CC2=CC(=O)CC[C@]2(C)[C@]2(O)CC[C@]3(C)C(O)C(C)C[C@H]3[C@H]12. The van der Waals surface area contributed by atoms with Crippen molar-refractivity contribution in [1.29, 1.82) is 0 Å². The molecule has 0 spiro atoms. The van der Waals surface area contributed by atoms with E-state index in [-0.39, 0.29) is 46.4 Å². The number of carbonyl (C=O) groups is 1. The second-order valence-corrected chi connectivity index (χ2v) is 9.67. The molecular formula is C22H30O3. The lowest BCUT2D eigenvalue weighted by Crippen LogP contribution is -2.65. The number of rotatable bonds is 0. The Bertz CT molecular complexity index is 688. The topological polar surface area (TPSA) is 57.5 Å². The zero-order chi connectivity index (χ0) is 18.2. The zero-order valence-corrected chi connectivity index (χ0v) is 15.6. The maximum atomic E-state index is 12.0. The number of terminal acetylenes is 1. The molecule has 3 saturated carbocycles. The molecule has 2 N–H and O–H groups in total. The first-order chi connectivity index (χ1) is 11.7. The zero-order valence-electron chi connectivity index (χ0n) is 15.6. The average Bonchev–Trinajstić information content (AvgIpc) is 2.80. The van der Waals surface area contributed by atoms with Crippen LogP contribution >= 0.6 is 0 Å². The van der Waals surface area contributed by atoms with E-state index >= 15 is 0 Å². The van der Waals surface area contributed by atoms with Gasteiger partial charge in [0.2, 0.25) is 0 Å². The number of hydrogen-bond acceptors (Lipinski definition) is 3. The summed E-state index contributed by atoms with van der Waals surface area (Å²) in [4.78, 5) is 12.0. The van der Waals surface area contributed by atoms with Gasteiger partial charge in [-0.15, -0.1) is 12.3 Å². The fraction of sp³-hybridized carbons (Fsp3) is 0.773. The number of fused-ring (bicyclic) bond motifs is 5. The summed E-state index contributed by atoms with van der Waals surface area (Å²) < 4.78 is 0. The molecule has 136 valence electrons. The summed E-state index contributed by atoms with van der Waals surface area (Å²) in [6, 6.07) is 0. The molecule has 25 heavy (non-hydrogen) atoms. The highest BCUT2D eigenvalue weighted by Crippen LogP contribution is 2.68. The first kappa shape index (κ1) is 17.3. The standard InChI is InChI=1S/C22H30O3/c1-5-14-11-15-12-16(23)6-7-21(15,4)22(25)9-8-20(3)17(18(14)22)10-13(2)19(20)24/h1,12-14,17-19,24-25H,6-11H2,2-4H3/t13?,14?,17-,18-,19?,20-,21-,22-/m0/s1. The predicted molar refractivity (Wildman–Crippen MR) is 96.4 cm³/mol. The van der Waals surface area contributed by atoms with Gasteiger partial charge in [-0.3, -0.25) is 4.79 Å². The Morgan fingerprint density at radius 3 is 2.68 bits per heavy atom. The molecule has 4 rings (SSSR count). The highest BCUT2D eigenvalue weighted by atomic mass is 16.3. The molecule has 0 aliphatic heterocycles. The van der Waals surface area contributed by atoms with E-state index in [2.05, 4.69) is 26.7 Å². The highest BCUT2D eigenvalue weighted by molar-refractivity contribution is 5.91. The molecule has 3 unspecified atom stereocenters. The van der Waals surface area contributed by atoms with Crippen LogP contribution in [0.1, 0.15) is 59.3 Å². The Morgan fingerprint density at radius 2 is 2.00 bits per heavy atom. The van der Waals surface area contributed by atoms with Gasteiger partial charge in [-0.2, -0.15) is 0 Å². The molecule has 0 aromatic carbocycles. The molecule has 0 saturated heterocycles. The van der Waals surface area contributed by atoms with Crippen molar-refractivity contribution in [3.05, 3.63) is 11.6 Å². The fourth-order valence-corrected chi connectivity index (χ4v) is 7.04. The Morgan fingerprint density at radius 1 is 1.28 bits per heavy atom. The number of aliphatic hydroxyl groups excluding tert-OH is 1. The molecule has 0 aromatic rings. The molecule has 0 heterocycles. The van der Waals surface area contributed by atoms with Crippen LogP contribution in [-0.2, 0) is 4.79 Å². The maximum absolute atomic E-state index is 12.0.